The molecule has 2 N–H and O–H groups in total. The van der Waals surface area contributed by atoms with Gasteiger partial charge in [-0.25, -0.2) is 13.2 Å². The molecule has 0 amide bonds. The number of rotatable bonds is 7. The number of benzene rings is 2. The zero-order valence-electron chi connectivity index (χ0n) is 13.3. The van der Waals surface area contributed by atoms with Gasteiger partial charge in [-0.15, -0.1) is 0 Å². The summed E-state index contributed by atoms with van der Waals surface area (Å²) < 4.78 is 50.1. The molecule has 0 spiro atoms. The SMILES string of the molecule is COc1ccc(OC)c(CNC(CO)c2cc(F)c(F)c(F)c2)c1. The summed E-state index contributed by atoms with van der Waals surface area (Å²) in [6.07, 6.45) is 0. The van der Waals surface area contributed by atoms with Crippen LogP contribution in [0.15, 0.2) is 30.3 Å². The second-order valence-electron chi connectivity index (χ2n) is 5.09. The molecule has 1 atom stereocenters. The van der Waals surface area contributed by atoms with Crippen LogP contribution in [0.5, 0.6) is 11.5 Å². The van der Waals surface area contributed by atoms with E-state index in [0.29, 0.717) is 11.5 Å². The Morgan fingerprint density at radius 3 is 2.25 bits per heavy atom. The minimum atomic E-state index is -1.54. The van der Waals surface area contributed by atoms with Crippen molar-refractivity contribution in [1.82, 2.24) is 5.32 Å². The monoisotopic (exact) mass is 341 g/mol. The molecule has 0 aromatic heterocycles. The second kappa shape index (κ2) is 8.03. The van der Waals surface area contributed by atoms with Gasteiger partial charge in [0.15, 0.2) is 17.5 Å². The van der Waals surface area contributed by atoms with Crippen molar-refractivity contribution in [3.8, 4) is 11.5 Å². The highest BCUT2D eigenvalue weighted by Crippen LogP contribution is 2.25. The van der Waals surface area contributed by atoms with Crippen molar-refractivity contribution in [2.45, 2.75) is 12.6 Å². The lowest BCUT2D eigenvalue weighted by atomic mass is 10.1. The van der Waals surface area contributed by atoms with E-state index < -0.39 is 30.1 Å². The number of nitrogens with one attached hydrogen (secondary N) is 1. The highest BCUT2D eigenvalue weighted by molar-refractivity contribution is 5.40. The first kappa shape index (κ1) is 18.1. The van der Waals surface area contributed by atoms with Gasteiger partial charge in [-0.1, -0.05) is 0 Å². The molecule has 2 rings (SSSR count). The Kier molecular flexibility index (Phi) is 6.05. The first-order valence-electron chi connectivity index (χ1n) is 7.19. The molecular weight excluding hydrogens is 323 g/mol. The molecule has 0 bridgehead atoms. The number of aliphatic hydroxyl groups excluding tert-OH is 1. The van der Waals surface area contributed by atoms with Gasteiger partial charge < -0.3 is 19.9 Å². The van der Waals surface area contributed by atoms with Gasteiger partial charge in [-0.05, 0) is 35.9 Å². The highest BCUT2D eigenvalue weighted by Gasteiger charge is 2.17. The number of methoxy groups -OCH3 is 2. The number of ether oxygens (including phenoxy) is 2. The van der Waals surface area contributed by atoms with Crippen LogP contribution in [-0.2, 0) is 6.54 Å². The van der Waals surface area contributed by atoms with Crippen LogP contribution in [0.1, 0.15) is 17.2 Å². The average Bonchev–Trinajstić information content (AvgIpc) is 2.59. The Morgan fingerprint density at radius 1 is 1.04 bits per heavy atom. The van der Waals surface area contributed by atoms with Crippen molar-refractivity contribution in [2.24, 2.45) is 0 Å². The van der Waals surface area contributed by atoms with Gasteiger partial charge in [-0.2, -0.15) is 0 Å². The van der Waals surface area contributed by atoms with E-state index in [2.05, 4.69) is 5.32 Å². The molecule has 4 nitrogen and oxygen atoms in total. The number of halogens is 3. The normalized spacial score (nSPS) is 12.1. The Balaban J connectivity index is 2.20. The Bertz CT molecular complexity index is 686. The molecule has 1 unspecified atom stereocenters. The fourth-order valence-electron chi connectivity index (χ4n) is 2.32. The fraction of sp³-hybridized carbons (Fsp3) is 0.294. The third-order valence-corrected chi connectivity index (χ3v) is 3.62. The van der Waals surface area contributed by atoms with Crippen LogP contribution in [0.4, 0.5) is 13.2 Å². The molecule has 0 saturated heterocycles. The number of aliphatic hydroxyl groups is 1. The van der Waals surface area contributed by atoms with Crippen molar-refractivity contribution < 1.29 is 27.8 Å². The summed E-state index contributed by atoms with van der Waals surface area (Å²) in [5, 5.41) is 12.4. The summed E-state index contributed by atoms with van der Waals surface area (Å²) in [6, 6.07) is 6.14. The molecule has 130 valence electrons. The Morgan fingerprint density at radius 2 is 1.71 bits per heavy atom. The number of hydrogen-bond acceptors (Lipinski definition) is 4. The fourth-order valence-corrected chi connectivity index (χ4v) is 2.32. The average molecular weight is 341 g/mol. The van der Waals surface area contributed by atoms with E-state index in [-0.39, 0.29) is 12.1 Å². The van der Waals surface area contributed by atoms with Gasteiger partial charge in [-0.3, -0.25) is 0 Å². The summed E-state index contributed by atoms with van der Waals surface area (Å²) in [5.74, 6) is -2.93. The standard InChI is InChI=1S/C17H18F3NO3/c1-23-12-3-4-16(24-2)11(5-12)8-21-15(9-22)10-6-13(18)17(20)14(19)7-10/h3-7,15,21-22H,8-9H2,1-2H3. The molecule has 24 heavy (non-hydrogen) atoms. The summed E-state index contributed by atoms with van der Waals surface area (Å²) >= 11 is 0. The molecule has 0 radical (unpaired) electrons. The maximum Gasteiger partial charge on any atom is 0.194 e. The quantitative estimate of drug-likeness (QED) is 0.761. The van der Waals surface area contributed by atoms with Crippen LogP contribution in [-0.4, -0.2) is 25.9 Å². The van der Waals surface area contributed by atoms with Crippen molar-refractivity contribution in [2.75, 3.05) is 20.8 Å². The summed E-state index contributed by atoms with van der Waals surface area (Å²) in [4.78, 5) is 0. The summed E-state index contributed by atoms with van der Waals surface area (Å²) in [6.45, 7) is -0.178. The van der Waals surface area contributed by atoms with E-state index >= 15 is 0 Å². The third kappa shape index (κ3) is 3.98. The van der Waals surface area contributed by atoms with E-state index in [9.17, 15) is 18.3 Å². The van der Waals surface area contributed by atoms with Crippen LogP contribution in [0, 0.1) is 17.5 Å². The molecule has 7 heteroatoms. The molecule has 0 aliphatic heterocycles. The van der Waals surface area contributed by atoms with E-state index in [1.165, 1.54) is 14.2 Å². The van der Waals surface area contributed by atoms with E-state index in [0.717, 1.165) is 17.7 Å². The van der Waals surface area contributed by atoms with Gasteiger partial charge in [0, 0.05) is 12.1 Å². The lowest BCUT2D eigenvalue weighted by Gasteiger charge is -2.18. The molecule has 0 aliphatic rings. The van der Waals surface area contributed by atoms with Gasteiger partial charge in [0.25, 0.3) is 0 Å². The zero-order chi connectivity index (χ0) is 17.7. The smallest absolute Gasteiger partial charge is 0.194 e. The van der Waals surface area contributed by atoms with Gasteiger partial charge in [0.2, 0.25) is 0 Å². The zero-order valence-corrected chi connectivity index (χ0v) is 13.3. The second-order valence-corrected chi connectivity index (χ2v) is 5.09. The Labute approximate surface area is 137 Å². The summed E-state index contributed by atoms with van der Waals surface area (Å²) in [5.41, 5.74) is 0.842. The van der Waals surface area contributed by atoms with Crippen molar-refractivity contribution in [3.63, 3.8) is 0 Å². The van der Waals surface area contributed by atoms with E-state index in [1.54, 1.807) is 18.2 Å². The maximum absolute atomic E-state index is 13.4. The minimum Gasteiger partial charge on any atom is -0.497 e. The van der Waals surface area contributed by atoms with Crippen LogP contribution in [0.3, 0.4) is 0 Å². The predicted molar refractivity (Wildman–Crippen MR) is 82.5 cm³/mol. The third-order valence-electron chi connectivity index (χ3n) is 3.62. The highest BCUT2D eigenvalue weighted by atomic mass is 19.2. The van der Waals surface area contributed by atoms with Crippen LogP contribution >= 0.6 is 0 Å². The first-order chi connectivity index (χ1) is 11.5. The van der Waals surface area contributed by atoms with Crippen molar-refractivity contribution in [1.29, 1.82) is 0 Å². The molecular formula is C17H18F3NO3. The van der Waals surface area contributed by atoms with Gasteiger partial charge in [0.1, 0.15) is 11.5 Å². The van der Waals surface area contributed by atoms with Crippen LogP contribution in [0.2, 0.25) is 0 Å². The van der Waals surface area contributed by atoms with Crippen molar-refractivity contribution >= 4 is 0 Å². The summed E-state index contributed by atoms with van der Waals surface area (Å²) in [7, 11) is 3.04. The minimum absolute atomic E-state index is 0.107. The van der Waals surface area contributed by atoms with E-state index in [4.69, 9.17) is 9.47 Å². The lowest BCUT2D eigenvalue weighted by molar-refractivity contribution is 0.242. The van der Waals surface area contributed by atoms with Crippen LogP contribution in [0.25, 0.3) is 0 Å². The first-order valence-corrected chi connectivity index (χ1v) is 7.19. The van der Waals surface area contributed by atoms with E-state index in [1.807, 2.05) is 0 Å². The largest absolute Gasteiger partial charge is 0.497 e. The van der Waals surface area contributed by atoms with Crippen molar-refractivity contribution in [3.05, 3.63) is 58.9 Å². The van der Waals surface area contributed by atoms with Crippen LogP contribution < -0.4 is 14.8 Å². The molecule has 0 aliphatic carbocycles. The molecule has 2 aromatic rings. The lowest BCUT2D eigenvalue weighted by Crippen LogP contribution is -2.24. The van der Waals surface area contributed by atoms with Gasteiger partial charge >= 0.3 is 0 Å². The molecule has 0 saturated carbocycles. The Hall–Kier alpha value is -2.25. The number of hydrogen-bond donors (Lipinski definition) is 2. The molecule has 0 fully saturated rings. The predicted octanol–water partition coefficient (Wildman–Crippen LogP) is 2.94. The molecule has 0 heterocycles. The maximum atomic E-state index is 13.4. The topological polar surface area (TPSA) is 50.7 Å². The van der Waals surface area contributed by atoms with Gasteiger partial charge in [0.05, 0.1) is 26.9 Å². The molecule has 2 aromatic carbocycles.